The third kappa shape index (κ3) is 3.13. The molecular formula is C16H14O3. The van der Waals surface area contributed by atoms with E-state index in [1.807, 2.05) is 30.3 Å². The average molecular weight is 254 g/mol. The molecule has 0 aliphatic heterocycles. The third-order valence-electron chi connectivity index (χ3n) is 2.89. The summed E-state index contributed by atoms with van der Waals surface area (Å²) in [6.45, 7) is 1.35. The van der Waals surface area contributed by atoms with E-state index in [0.717, 1.165) is 10.8 Å². The van der Waals surface area contributed by atoms with Crippen molar-refractivity contribution in [2.75, 3.05) is 0 Å². The highest BCUT2D eigenvalue weighted by molar-refractivity contribution is 6.16. The van der Waals surface area contributed by atoms with Crippen LogP contribution in [0.2, 0.25) is 0 Å². The van der Waals surface area contributed by atoms with Gasteiger partial charge in [-0.1, -0.05) is 42.5 Å². The van der Waals surface area contributed by atoms with Gasteiger partial charge in [0.05, 0.1) is 12.8 Å². The van der Waals surface area contributed by atoms with Gasteiger partial charge in [-0.15, -0.1) is 0 Å². The zero-order valence-corrected chi connectivity index (χ0v) is 10.7. The van der Waals surface area contributed by atoms with E-state index in [2.05, 4.69) is 0 Å². The van der Waals surface area contributed by atoms with Gasteiger partial charge in [0.15, 0.2) is 5.78 Å². The molecule has 3 nitrogen and oxygen atoms in total. The van der Waals surface area contributed by atoms with Crippen LogP contribution in [0, 0.1) is 0 Å². The third-order valence-corrected chi connectivity index (χ3v) is 2.89. The van der Waals surface area contributed by atoms with Gasteiger partial charge < -0.3 is 0 Å². The average Bonchev–Trinajstić information content (AvgIpc) is 2.36. The second kappa shape index (κ2) is 5.57. The van der Waals surface area contributed by atoms with Crippen LogP contribution in [-0.4, -0.2) is 17.3 Å². The van der Waals surface area contributed by atoms with Crippen LogP contribution >= 0.6 is 0 Å². The fourth-order valence-corrected chi connectivity index (χ4v) is 2.08. The number of rotatable bonds is 5. The fourth-order valence-electron chi connectivity index (χ4n) is 2.08. The Hall–Kier alpha value is -2.29. The molecule has 0 fully saturated rings. The van der Waals surface area contributed by atoms with Crippen LogP contribution in [0.5, 0.6) is 0 Å². The van der Waals surface area contributed by atoms with Gasteiger partial charge in [-0.25, -0.2) is 0 Å². The summed E-state index contributed by atoms with van der Waals surface area (Å²) in [5.41, 5.74) is 0.537. The van der Waals surface area contributed by atoms with Crippen LogP contribution in [0.15, 0.2) is 42.5 Å². The number of ketones is 3. The summed E-state index contributed by atoms with van der Waals surface area (Å²) in [5.74, 6) is -0.774. The molecule has 2 aromatic rings. The highest BCUT2D eigenvalue weighted by Gasteiger charge is 2.15. The van der Waals surface area contributed by atoms with E-state index in [1.165, 1.54) is 6.92 Å². The van der Waals surface area contributed by atoms with Gasteiger partial charge in [-0.2, -0.15) is 0 Å². The first-order valence-electron chi connectivity index (χ1n) is 6.10. The summed E-state index contributed by atoms with van der Waals surface area (Å²) >= 11 is 0. The van der Waals surface area contributed by atoms with Gasteiger partial charge in [-0.3, -0.25) is 14.4 Å². The minimum Gasteiger partial charge on any atom is -0.300 e. The Bertz CT molecular complexity index is 651. The molecule has 0 spiro atoms. The van der Waals surface area contributed by atoms with E-state index in [4.69, 9.17) is 0 Å². The highest BCUT2D eigenvalue weighted by Crippen LogP contribution is 2.20. The summed E-state index contributed by atoms with van der Waals surface area (Å²) in [4.78, 5) is 34.5. The maximum atomic E-state index is 12.1. The molecule has 0 N–H and O–H groups in total. The second-order valence-electron chi connectivity index (χ2n) is 4.54. The zero-order chi connectivity index (χ0) is 13.8. The molecule has 3 heteroatoms. The largest absolute Gasteiger partial charge is 0.300 e. The van der Waals surface area contributed by atoms with Crippen molar-refractivity contribution in [1.29, 1.82) is 0 Å². The van der Waals surface area contributed by atoms with Gasteiger partial charge in [0, 0.05) is 5.56 Å². The van der Waals surface area contributed by atoms with Crippen molar-refractivity contribution in [2.45, 2.75) is 19.8 Å². The van der Waals surface area contributed by atoms with Crippen LogP contribution in [0.25, 0.3) is 10.8 Å². The van der Waals surface area contributed by atoms with Crippen LogP contribution in [-0.2, 0) is 9.59 Å². The lowest BCUT2D eigenvalue weighted by Gasteiger charge is -2.05. The lowest BCUT2D eigenvalue weighted by Crippen LogP contribution is -2.11. The molecule has 0 aromatic heterocycles. The van der Waals surface area contributed by atoms with Gasteiger partial charge in [0.2, 0.25) is 0 Å². The predicted molar refractivity (Wildman–Crippen MR) is 73.2 cm³/mol. The van der Waals surface area contributed by atoms with Gasteiger partial charge in [0.1, 0.15) is 11.6 Å². The Morgan fingerprint density at radius 3 is 2.32 bits per heavy atom. The number of hydrogen-bond donors (Lipinski definition) is 0. The molecule has 2 rings (SSSR count). The second-order valence-corrected chi connectivity index (χ2v) is 4.54. The van der Waals surface area contributed by atoms with E-state index in [1.54, 1.807) is 12.1 Å². The van der Waals surface area contributed by atoms with Gasteiger partial charge in [-0.05, 0) is 17.7 Å². The van der Waals surface area contributed by atoms with Crippen molar-refractivity contribution in [1.82, 2.24) is 0 Å². The Kier molecular flexibility index (Phi) is 3.85. The van der Waals surface area contributed by atoms with E-state index in [9.17, 15) is 14.4 Å². The smallest absolute Gasteiger partial charge is 0.170 e. The quantitative estimate of drug-likeness (QED) is 0.609. The van der Waals surface area contributed by atoms with E-state index in [-0.39, 0.29) is 30.2 Å². The molecule has 0 radical (unpaired) electrons. The number of fused-ring (bicyclic) bond motifs is 1. The van der Waals surface area contributed by atoms with Gasteiger partial charge in [0.25, 0.3) is 0 Å². The minimum atomic E-state index is -0.328. The number of carbonyl (C=O) groups excluding carboxylic acids is 3. The first-order valence-corrected chi connectivity index (χ1v) is 6.10. The fraction of sp³-hybridized carbons (Fsp3) is 0.188. The number of carbonyl (C=O) groups is 3. The van der Waals surface area contributed by atoms with Gasteiger partial charge >= 0.3 is 0 Å². The molecule has 0 saturated heterocycles. The topological polar surface area (TPSA) is 51.2 Å². The molecule has 0 aliphatic carbocycles. The van der Waals surface area contributed by atoms with Crippen LogP contribution in [0.1, 0.15) is 30.1 Å². The lowest BCUT2D eigenvalue weighted by atomic mass is 9.98. The van der Waals surface area contributed by atoms with Crippen molar-refractivity contribution in [3.8, 4) is 0 Å². The summed E-state index contributed by atoms with van der Waals surface area (Å²) < 4.78 is 0. The van der Waals surface area contributed by atoms with Crippen LogP contribution in [0.3, 0.4) is 0 Å². The Morgan fingerprint density at radius 1 is 0.895 bits per heavy atom. The highest BCUT2D eigenvalue weighted by atomic mass is 16.2. The van der Waals surface area contributed by atoms with E-state index >= 15 is 0 Å². The molecule has 0 amide bonds. The van der Waals surface area contributed by atoms with Crippen LogP contribution < -0.4 is 0 Å². The zero-order valence-electron chi connectivity index (χ0n) is 10.7. The summed E-state index contributed by atoms with van der Waals surface area (Å²) in [6.07, 6.45) is -0.385. The lowest BCUT2D eigenvalue weighted by molar-refractivity contribution is -0.125. The summed E-state index contributed by atoms with van der Waals surface area (Å²) in [6, 6.07) is 13.0. The molecule has 0 heterocycles. The maximum absolute atomic E-state index is 12.1. The monoisotopic (exact) mass is 254 g/mol. The van der Waals surface area contributed by atoms with Crippen molar-refractivity contribution in [3.63, 3.8) is 0 Å². The minimum absolute atomic E-state index is 0.170. The number of hydrogen-bond acceptors (Lipinski definition) is 3. The van der Waals surface area contributed by atoms with Crippen molar-refractivity contribution in [2.24, 2.45) is 0 Å². The summed E-state index contributed by atoms with van der Waals surface area (Å²) in [5, 5.41) is 1.80. The molecule has 0 atom stereocenters. The molecule has 0 bridgehead atoms. The van der Waals surface area contributed by atoms with E-state index in [0.29, 0.717) is 5.56 Å². The van der Waals surface area contributed by atoms with Crippen molar-refractivity contribution < 1.29 is 14.4 Å². The molecular weight excluding hydrogens is 240 g/mol. The first-order chi connectivity index (χ1) is 9.08. The standard InChI is InChI=1S/C16H14O3/c1-11(17)9-13(18)10-16(19)15-8-4-6-12-5-2-3-7-14(12)15/h2-8H,9-10H2,1H3. The first kappa shape index (κ1) is 13.1. The predicted octanol–water partition coefficient (Wildman–Crippen LogP) is 2.96. The molecule has 2 aromatic carbocycles. The van der Waals surface area contributed by atoms with Crippen LogP contribution in [0.4, 0.5) is 0 Å². The Labute approximate surface area is 111 Å². The normalized spacial score (nSPS) is 10.4. The van der Waals surface area contributed by atoms with Crippen molar-refractivity contribution in [3.05, 3.63) is 48.0 Å². The Balaban J connectivity index is 2.27. The van der Waals surface area contributed by atoms with E-state index < -0.39 is 0 Å². The number of Topliss-reactive ketones (excluding diaryl/α,β-unsaturated/α-hetero) is 3. The Morgan fingerprint density at radius 2 is 1.58 bits per heavy atom. The summed E-state index contributed by atoms with van der Waals surface area (Å²) in [7, 11) is 0. The SMILES string of the molecule is CC(=O)CC(=O)CC(=O)c1cccc2ccccc12. The molecule has 0 unspecified atom stereocenters. The number of benzene rings is 2. The molecule has 0 saturated carbocycles. The molecule has 0 aliphatic rings. The maximum Gasteiger partial charge on any atom is 0.170 e. The molecule has 96 valence electrons. The molecule has 19 heavy (non-hydrogen) atoms. The van der Waals surface area contributed by atoms with Crippen molar-refractivity contribution >= 4 is 28.1 Å².